The van der Waals surface area contributed by atoms with E-state index in [1.807, 2.05) is 0 Å². The Morgan fingerprint density at radius 2 is 2.11 bits per heavy atom. The van der Waals surface area contributed by atoms with Crippen LogP contribution in [0.3, 0.4) is 0 Å². The Kier molecular flexibility index (Phi) is 3.17. The minimum absolute atomic E-state index is 0.0207. The Morgan fingerprint density at radius 3 is 2.84 bits per heavy atom. The topological polar surface area (TPSA) is 24.5 Å². The molecule has 0 radical (unpaired) electrons. The normalized spacial score (nSPS) is 21.5. The van der Waals surface area contributed by atoms with Gasteiger partial charge < -0.3 is 10.1 Å². The summed E-state index contributed by atoms with van der Waals surface area (Å²) in [6, 6.07) is 7.10. The van der Waals surface area contributed by atoms with Gasteiger partial charge in [-0.3, -0.25) is 4.90 Å². The van der Waals surface area contributed by atoms with Gasteiger partial charge in [0.2, 0.25) is 0 Å². The number of rotatable bonds is 3. The van der Waals surface area contributed by atoms with Gasteiger partial charge >= 0.3 is 0 Å². The zero-order chi connectivity index (χ0) is 13.5. The number of hydrogen-bond acceptors (Lipinski definition) is 3. The zero-order valence-electron chi connectivity index (χ0n) is 12.2. The van der Waals surface area contributed by atoms with Gasteiger partial charge in [0.25, 0.3) is 0 Å². The van der Waals surface area contributed by atoms with E-state index in [0.29, 0.717) is 6.04 Å². The van der Waals surface area contributed by atoms with Gasteiger partial charge in [-0.25, -0.2) is 0 Å². The van der Waals surface area contributed by atoms with Crippen LogP contribution in [0.4, 0.5) is 5.69 Å². The summed E-state index contributed by atoms with van der Waals surface area (Å²) < 4.78 is 6.20. The molecule has 2 aliphatic heterocycles. The van der Waals surface area contributed by atoms with Crippen molar-refractivity contribution in [2.75, 3.05) is 25.0 Å². The Hall–Kier alpha value is -1.22. The van der Waals surface area contributed by atoms with Crippen LogP contribution in [-0.2, 0) is 6.42 Å². The molecule has 0 amide bonds. The van der Waals surface area contributed by atoms with E-state index in [1.165, 1.54) is 24.1 Å². The smallest absolute Gasteiger partial charge is 0.131 e. The van der Waals surface area contributed by atoms with Crippen molar-refractivity contribution in [1.82, 2.24) is 4.90 Å². The first-order valence-corrected chi connectivity index (χ1v) is 7.36. The van der Waals surface area contributed by atoms with E-state index in [2.05, 4.69) is 49.2 Å². The molecule has 0 bridgehead atoms. The molecule has 104 valence electrons. The fourth-order valence-corrected chi connectivity index (χ4v) is 3.03. The van der Waals surface area contributed by atoms with E-state index >= 15 is 0 Å². The van der Waals surface area contributed by atoms with Gasteiger partial charge in [0.05, 0.1) is 0 Å². The lowest BCUT2D eigenvalue weighted by atomic mass is 9.94. The molecule has 3 heteroatoms. The van der Waals surface area contributed by atoms with Crippen molar-refractivity contribution in [2.45, 2.75) is 45.3 Å². The number of ether oxygens (including phenoxy) is 1. The highest BCUT2D eigenvalue weighted by molar-refractivity contribution is 5.56. The first-order chi connectivity index (χ1) is 9.06. The van der Waals surface area contributed by atoms with Crippen molar-refractivity contribution >= 4 is 5.69 Å². The molecule has 0 spiro atoms. The lowest BCUT2D eigenvalue weighted by Gasteiger charge is -2.49. The van der Waals surface area contributed by atoms with E-state index in [9.17, 15) is 0 Å². The molecule has 0 aromatic heterocycles. The Labute approximate surface area is 115 Å². The average Bonchev–Trinajstić information content (AvgIpc) is 2.35. The number of nitrogens with one attached hydrogen (secondary N) is 1. The van der Waals surface area contributed by atoms with E-state index in [-0.39, 0.29) is 5.60 Å². The second kappa shape index (κ2) is 4.71. The summed E-state index contributed by atoms with van der Waals surface area (Å²) in [5.41, 5.74) is 2.65. The molecular weight excluding hydrogens is 236 g/mol. The molecule has 19 heavy (non-hydrogen) atoms. The Morgan fingerprint density at radius 1 is 1.32 bits per heavy atom. The van der Waals surface area contributed by atoms with E-state index in [4.69, 9.17) is 4.74 Å². The van der Waals surface area contributed by atoms with Crippen LogP contribution >= 0.6 is 0 Å². The second-order valence-corrected chi connectivity index (χ2v) is 6.40. The first-order valence-electron chi connectivity index (χ1n) is 7.36. The van der Waals surface area contributed by atoms with Gasteiger partial charge in [-0.2, -0.15) is 0 Å². The maximum Gasteiger partial charge on any atom is 0.131 e. The number of fused-ring (bicyclic) bond motifs is 1. The molecule has 1 N–H and O–H groups in total. The van der Waals surface area contributed by atoms with Gasteiger partial charge in [-0.15, -0.1) is 0 Å². The van der Waals surface area contributed by atoms with Gasteiger partial charge in [0.15, 0.2) is 0 Å². The third-order valence-electron chi connectivity index (χ3n) is 4.19. The molecule has 1 fully saturated rings. The minimum Gasteiger partial charge on any atom is -0.485 e. The average molecular weight is 260 g/mol. The fourth-order valence-electron chi connectivity index (χ4n) is 3.03. The molecule has 2 heterocycles. The molecule has 3 rings (SSSR count). The molecule has 1 aromatic rings. The lowest BCUT2D eigenvalue weighted by Crippen LogP contribution is -2.64. The number of anilines is 1. The molecular formula is C16H24N2O. The van der Waals surface area contributed by atoms with Crippen molar-refractivity contribution in [2.24, 2.45) is 0 Å². The molecule has 0 unspecified atom stereocenters. The molecule has 3 nitrogen and oxygen atoms in total. The standard InChI is InChI=1S/C16H24N2O/c1-12(2)18-10-16(3,11-18)19-14-7-6-13-5-4-8-17-15(13)9-14/h6-7,9,12,17H,4-5,8,10-11H2,1-3H3. The molecule has 0 aliphatic carbocycles. The Balaban J connectivity index is 1.67. The molecule has 1 saturated heterocycles. The van der Waals surface area contributed by atoms with Crippen LogP contribution in [0.15, 0.2) is 18.2 Å². The van der Waals surface area contributed by atoms with Crippen LogP contribution in [0.1, 0.15) is 32.8 Å². The number of likely N-dealkylation sites (tertiary alicyclic amines) is 1. The van der Waals surface area contributed by atoms with Crippen molar-refractivity contribution in [3.05, 3.63) is 23.8 Å². The fraction of sp³-hybridized carbons (Fsp3) is 0.625. The molecule has 0 saturated carbocycles. The van der Waals surface area contributed by atoms with Crippen LogP contribution in [-0.4, -0.2) is 36.2 Å². The lowest BCUT2D eigenvalue weighted by molar-refractivity contribution is -0.0775. The largest absolute Gasteiger partial charge is 0.485 e. The maximum atomic E-state index is 6.20. The highest BCUT2D eigenvalue weighted by atomic mass is 16.5. The van der Waals surface area contributed by atoms with Crippen molar-refractivity contribution in [3.63, 3.8) is 0 Å². The van der Waals surface area contributed by atoms with Crippen LogP contribution in [0.25, 0.3) is 0 Å². The zero-order valence-corrected chi connectivity index (χ0v) is 12.2. The third kappa shape index (κ3) is 2.57. The monoisotopic (exact) mass is 260 g/mol. The van der Waals surface area contributed by atoms with E-state index in [1.54, 1.807) is 0 Å². The van der Waals surface area contributed by atoms with Gasteiger partial charge in [0.1, 0.15) is 11.4 Å². The number of nitrogens with zero attached hydrogens (tertiary/aromatic N) is 1. The summed E-state index contributed by atoms with van der Waals surface area (Å²) in [6.45, 7) is 9.81. The summed E-state index contributed by atoms with van der Waals surface area (Å²) in [4.78, 5) is 2.44. The van der Waals surface area contributed by atoms with Crippen molar-refractivity contribution < 1.29 is 4.74 Å². The van der Waals surface area contributed by atoms with Crippen LogP contribution in [0.2, 0.25) is 0 Å². The molecule has 1 aromatic carbocycles. The van der Waals surface area contributed by atoms with Crippen LogP contribution < -0.4 is 10.1 Å². The summed E-state index contributed by atoms with van der Waals surface area (Å²) in [7, 11) is 0. The quantitative estimate of drug-likeness (QED) is 0.904. The van der Waals surface area contributed by atoms with Gasteiger partial charge in [-0.05, 0) is 45.2 Å². The van der Waals surface area contributed by atoms with Gasteiger partial charge in [0, 0.05) is 37.4 Å². The second-order valence-electron chi connectivity index (χ2n) is 6.40. The highest BCUT2D eigenvalue weighted by Crippen LogP contribution is 2.32. The summed E-state index contributed by atoms with van der Waals surface area (Å²) >= 11 is 0. The van der Waals surface area contributed by atoms with Crippen LogP contribution in [0, 0.1) is 0 Å². The molecule has 0 atom stereocenters. The summed E-state index contributed by atoms with van der Waals surface area (Å²) in [5.74, 6) is 0.999. The molecule has 2 aliphatic rings. The summed E-state index contributed by atoms with van der Waals surface area (Å²) in [6.07, 6.45) is 2.41. The van der Waals surface area contributed by atoms with E-state index < -0.39 is 0 Å². The minimum atomic E-state index is -0.0207. The predicted octanol–water partition coefficient (Wildman–Crippen LogP) is 2.91. The maximum absolute atomic E-state index is 6.20. The van der Waals surface area contributed by atoms with Gasteiger partial charge in [-0.1, -0.05) is 6.07 Å². The van der Waals surface area contributed by atoms with E-state index in [0.717, 1.165) is 25.4 Å². The Bertz CT molecular complexity index is 464. The van der Waals surface area contributed by atoms with Crippen LogP contribution in [0.5, 0.6) is 5.75 Å². The predicted molar refractivity (Wildman–Crippen MR) is 79.0 cm³/mol. The third-order valence-corrected chi connectivity index (χ3v) is 4.19. The number of aryl methyl sites for hydroxylation is 1. The SMILES string of the molecule is CC(C)N1CC(C)(Oc2ccc3c(c2)NCCC3)C1. The number of benzene rings is 1. The highest BCUT2D eigenvalue weighted by Gasteiger charge is 2.41. The number of hydrogen-bond donors (Lipinski definition) is 1. The first kappa shape index (κ1) is 12.8. The summed E-state index contributed by atoms with van der Waals surface area (Å²) in [5, 5.41) is 3.46. The van der Waals surface area contributed by atoms with Crippen molar-refractivity contribution in [3.8, 4) is 5.75 Å². The van der Waals surface area contributed by atoms with Crippen molar-refractivity contribution in [1.29, 1.82) is 0 Å².